The number of carbonyl (C=O) groups is 1. The summed E-state index contributed by atoms with van der Waals surface area (Å²) in [4.78, 5) is 21.0. The van der Waals surface area contributed by atoms with Crippen molar-refractivity contribution in [2.45, 2.75) is 65.1 Å². The molecule has 2 aliphatic heterocycles. The van der Waals surface area contributed by atoms with Gasteiger partial charge in [0, 0.05) is 38.4 Å². The quantitative estimate of drug-likeness (QED) is 0.853. The number of β-amino-alcohol motifs (C(OH)–C–C–N with tert-alkyl or cyclic N) is 1. The number of aliphatic hydroxyl groups excluding tert-OH is 1. The Hall–Kier alpha value is -1.40. The Morgan fingerprint density at radius 2 is 2.08 bits per heavy atom. The van der Waals surface area contributed by atoms with Crippen molar-refractivity contribution in [3.8, 4) is 0 Å². The van der Waals surface area contributed by atoms with E-state index in [1.807, 2.05) is 11.1 Å². The Bertz CT molecular complexity index is 576. The first-order valence-electron chi connectivity index (χ1n) is 9.69. The van der Waals surface area contributed by atoms with Gasteiger partial charge in [-0.25, -0.2) is 4.98 Å². The number of likely N-dealkylation sites (tertiary alicyclic amines) is 2. The molecule has 2 aliphatic rings. The molecule has 1 amide bonds. The molecule has 0 bridgehead atoms. The average molecular weight is 348 g/mol. The van der Waals surface area contributed by atoms with Crippen LogP contribution >= 0.6 is 0 Å². The third kappa shape index (κ3) is 4.42. The predicted octanol–water partition coefficient (Wildman–Crippen LogP) is 1.88. The number of nitrogens with zero attached hydrogens (tertiary/aromatic N) is 4. The number of hydrogen-bond acceptors (Lipinski definition) is 4. The average Bonchev–Trinajstić information content (AvgIpc) is 3.00. The van der Waals surface area contributed by atoms with Gasteiger partial charge < -0.3 is 14.6 Å². The van der Waals surface area contributed by atoms with E-state index in [1.165, 1.54) is 0 Å². The highest BCUT2D eigenvalue weighted by molar-refractivity contribution is 5.77. The number of aryl methyl sites for hydroxylation is 1. The van der Waals surface area contributed by atoms with Gasteiger partial charge >= 0.3 is 0 Å². The van der Waals surface area contributed by atoms with Gasteiger partial charge in [-0.05, 0) is 51.1 Å². The third-order valence-corrected chi connectivity index (χ3v) is 5.78. The van der Waals surface area contributed by atoms with E-state index in [2.05, 4.69) is 27.6 Å². The first-order valence-corrected chi connectivity index (χ1v) is 9.69. The second kappa shape index (κ2) is 7.87. The van der Waals surface area contributed by atoms with E-state index in [1.54, 1.807) is 6.92 Å². The highest BCUT2D eigenvalue weighted by Crippen LogP contribution is 2.40. The molecule has 3 rings (SSSR count). The minimum absolute atomic E-state index is 0.204. The van der Waals surface area contributed by atoms with Crippen molar-refractivity contribution >= 4 is 5.91 Å². The number of imidazole rings is 1. The van der Waals surface area contributed by atoms with Crippen LogP contribution in [0.2, 0.25) is 0 Å². The molecule has 2 fully saturated rings. The maximum Gasteiger partial charge on any atom is 0.222 e. The summed E-state index contributed by atoms with van der Waals surface area (Å²) in [5, 5.41) is 9.65. The van der Waals surface area contributed by atoms with Gasteiger partial charge in [0.1, 0.15) is 5.82 Å². The summed E-state index contributed by atoms with van der Waals surface area (Å²) in [6.45, 7) is 9.31. The van der Waals surface area contributed by atoms with Crippen LogP contribution in [0.5, 0.6) is 0 Å². The number of piperidine rings is 2. The zero-order valence-corrected chi connectivity index (χ0v) is 15.7. The summed E-state index contributed by atoms with van der Waals surface area (Å²) >= 11 is 0. The molecular weight excluding hydrogens is 316 g/mol. The van der Waals surface area contributed by atoms with E-state index >= 15 is 0 Å². The molecule has 1 spiro atoms. The van der Waals surface area contributed by atoms with E-state index in [4.69, 9.17) is 0 Å². The van der Waals surface area contributed by atoms with E-state index in [0.29, 0.717) is 13.0 Å². The maximum atomic E-state index is 12.1. The fourth-order valence-corrected chi connectivity index (χ4v) is 4.32. The zero-order valence-electron chi connectivity index (χ0n) is 15.7. The molecule has 140 valence electrons. The Labute approximate surface area is 150 Å². The van der Waals surface area contributed by atoms with Crippen LogP contribution in [-0.4, -0.2) is 62.6 Å². The zero-order chi connectivity index (χ0) is 17.9. The molecule has 0 aromatic carbocycles. The molecule has 1 aromatic rings. The van der Waals surface area contributed by atoms with Gasteiger partial charge in [0.2, 0.25) is 5.91 Å². The van der Waals surface area contributed by atoms with Crippen molar-refractivity contribution in [1.82, 2.24) is 19.4 Å². The summed E-state index contributed by atoms with van der Waals surface area (Å²) in [5.74, 6) is 1.36. The number of aliphatic hydroxyl groups is 1. The predicted molar refractivity (Wildman–Crippen MR) is 97.0 cm³/mol. The highest BCUT2D eigenvalue weighted by atomic mass is 16.3. The molecule has 0 radical (unpaired) electrons. The number of hydrogen-bond donors (Lipinski definition) is 1. The smallest absolute Gasteiger partial charge is 0.222 e. The van der Waals surface area contributed by atoms with Crippen molar-refractivity contribution in [3.63, 3.8) is 0 Å². The first-order chi connectivity index (χ1) is 12.0. The van der Waals surface area contributed by atoms with Crippen LogP contribution in [0.4, 0.5) is 0 Å². The molecule has 3 heterocycles. The van der Waals surface area contributed by atoms with E-state index < -0.39 is 6.10 Å². The number of rotatable bonds is 6. The monoisotopic (exact) mass is 348 g/mol. The Balaban J connectivity index is 1.55. The Morgan fingerprint density at radius 1 is 1.32 bits per heavy atom. The van der Waals surface area contributed by atoms with Gasteiger partial charge in [0.05, 0.1) is 12.6 Å². The minimum Gasteiger partial charge on any atom is -0.392 e. The van der Waals surface area contributed by atoms with E-state index in [9.17, 15) is 9.90 Å². The summed E-state index contributed by atoms with van der Waals surface area (Å²) in [6, 6.07) is 0. The van der Waals surface area contributed by atoms with Gasteiger partial charge in [-0.1, -0.05) is 6.92 Å². The van der Waals surface area contributed by atoms with Crippen LogP contribution in [0.15, 0.2) is 12.4 Å². The fraction of sp³-hybridized carbons (Fsp3) is 0.789. The van der Waals surface area contributed by atoms with Gasteiger partial charge in [-0.3, -0.25) is 9.69 Å². The lowest BCUT2D eigenvalue weighted by molar-refractivity contribution is -0.140. The normalized spacial score (nSPS) is 22.5. The lowest BCUT2D eigenvalue weighted by atomic mass is 9.72. The van der Waals surface area contributed by atoms with Crippen molar-refractivity contribution in [1.29, 1.82) is 0 Å². The SMILES string of the molecule is CCCn1ccnc1CN1CCC2(CCC(=O)N(CC(C)O)C2)CC1. The minimum atomic E-state index is -0.448. The number of carbonyl (C=O) groups excluding carboxylic acids is 1. The van der Waals surface area contributed by atoms with Crippen molar-refractivity contribution < 1.29 is 9.90 Å². The van der Waals surface area contributed by atoms with Gasteiger partial charge in [0.15, 0.2) is 0 Å². The summed E-state index contributed by atoms with van der Waals surface area (Å²) in [7, 11) is 0. The molecule has 0 aliphatic carbocycles. The molecule has 1 unspecified atom stereocenters. The van der Waals surface area contributed by atoms with Crippen LogP contribution in [0.1, 0.15) is 51.8 Å². The van der Waals surface area contributed by atoms with Gasteiger partial charge in [0.25, 0.3) is 0 Å². The Kier molecular flexibility index (Phi) is 5.79. The maximum absolute atomic E-state index is 12.1. The summed E-state index contributed by atoms with van der Waals surface area (Å²) < 4.78 is 2.26. The van der Waals surface area contributed by atoms with Crippen LogP contribution in [-0.2, 0) is 17.9 Å². The second-order valence-electron chi connectivity index (χ2n) is 7.94. The van der Waals surface area contributed by atoms with Gasteiger partial charge in [-0.15, -0.1) is 0 Å². The highest BCUT2D eigenvalue weighted by Gasteiger charge is 2.41. The number of amides is 1. The summed E-state index contributed by atoms with van der Waals surface area (Å²) in [6.07, 6.45) is 8.54. The second-order valence-corrected chi connectivity index (χ2v) is 7.94. The van der Waals surface area contributed by atoms with Crippen molar-refractivity contribution in [2.75, 3.05) is 26.2 Å². The molecule has 6 nitrogen and oxygen atoms in total. The molecule has 25 heavy (non-hydrogen) atoms. The van der Waals surface area contributed by atoms with Gasteiger partial charge in [-0.2, -0.15) is 0 Å². The topological polar surface area (TPSA) is 61.6 Å². The first kappa shape index (κ1) is 18.4. The van der Waals surface area contributed by atoms with Crippen LogP contribution in [0, 0.1) is 5.41 Å². The lowest BCUT2D eigenvalue weighted by Crippen LogP contribution is -2.52. The van der Waals surface area contributed by atoms with Crippen molar-refractivity contribution in [3.05, 3.63) is 18.2 Å². The Morgan fingerprint density at radius 3 is 2.76 bits per heavy atom. The van der Waals surface area contributed by atoms with Crippen LogP contribution < -0.4 is 0 Å². The fourth-order valence-electron chi connectivity index (χ4n) is 4.32. The van der Waals surface area contributed by atoms with Crippen molar-refractivity contribution in [2.24, 2.45) is 5.41 Å². The third-order valence-electron chi connectivity index (χ3n) is 5.78. The van der Waals surface area contributed by atoms with E-state index in [-0.39, 0.29) is 11.3 Å². The standard InChI is InChI=1S/C19H32N4O2/c1-3-9-22-12-8-20-17(22)14-21-10-6-19(7-11-21)5-4-18(25)23(15-19)13-16(2)24/h8,12,16,24H,3-7,9-11,13-15H2,1-2H3. The molecular formula is C19H32N4O2. The molecule has 1 atom stereocenters. The van der Waals surface area contributed by atoms with Crippen LogP contribution in [0.25, 0.3) is 0 Å². The number of aromatic nitrogens is 2. The summed E-state index contributed by atoms with van der Waals surface area (Å²) in [5.41, 5.74) is 0.248. The molecule has 2 saturated heterocycles. The molecule has 6 heteroatoms. The van der Waals surface area contributed by atoms with Crippen LogP contribution in [0.3, 0.4) is 0 Å². The molecule has 1 N–H and O–H groups in total. The molecule has 1 aromatic heterocycles. The molecule has 0 saturated carbocycles. The lowest BCUT2D eigenvalue weighted by Gasteiger charge is -2.47. The van der Waals surface area contributed by atoms with E-state index in [0.717, 1.165) is 64.2 Å². The largest absolute Gasteiger partial charge is 0.392 e.